The van der Waals surface area contributed by atoms with Gasteiger partial charge in [-0.2, -0.15) is 0 Å². The van der Waals surface area contributed by atoms with E-state index in [9.17, 15) is 0 Å². The largest absolute Gasteiger partial charge is 0.320 e. The van der Waals surface area contributed by atoms with Crippen molar-refractivity contribution in [3.63, 3.8) is 0 Å². The van der Waals surface area contributed by atoms with Crippen LogP contribution in [0.4, 0.5) is 0 Å². The highest BCUT2D eigenvalue weighted by atomic mass is 35.5. The van der Waals surface area contributed by atoms with Crippen LogP contribution in [0, 0.1) is 0 Å². The van der Waals surface area contributed by atoms with Crippen molar-refractivity contribution >= 4 is 28.7 Å². The number of halogens is 1. The van der Waals surface area contributed by atoms with E-state index in [0.717, 1.165) is 24.5 Å². The average molecular weight is 315 g/mol. The Kier molecular flexibility index (Phi) is 3.75. The third-order valence-corrected chi connectivity index (χ3v) is 5.38. The number of fused-ring (bicyclic) bond motifs is 3. The van der Waals surface area contributed by atoms with E-state index in [2.05, 4.69) is 34.8 Å². The summed E-state index contributed by atoms with van der Waals surface area (Å²) < 4.78 is 2.47. The van der Waals surface area contributed by atoms with Crippen molar-refractivity contribution in [1.82, 2.24) is 9.47 Å². The van der Waals surface area contributed by atoms with Gasteiger partial charge in [0.2, 0.25) is 0 Å². The number of aromatic nitrogens is 1. The number of likely N-dealkylation sites (N-methyl/N-ethyl adjacent to an activating group) is 1. The lowest BCUT2D eigenvalue weighted by atomic mass is 9.96. The van der Waals surface area contributed by atoms with E-state index >= 15 is 0 Å². The summed E-state index contributed by atoms with van der Waals surface area (Å²) in [5.41, 5.74) is 5.90. The van der Waals surface area contributed by atoms with Crippen molar-refractivity contribution in [1.29, 1.82) is 0 Å². The van der Waals surface area contributed by atoms with Crippen molar-refractivity contribution in [3.05, 3.63) is 40.1 Å². The molecule has 0 radical (unpaired) electrons. The van der Waals surface area contributed by atoms with Crippen molar-refractivity contribution in [2.75, 3.05) is 13.6 Å². The molecule has 0 amide bonds. The molecule has 3 heteroatoms. The van der Waals surface area contributed by atoms with E-state index in [1.165, 1.54) is 54.3 Å². The molecule has 4 rings (SSSR count). The lowest BCUT2D eigenvalue weighted by molar-refractivity contribution is 0.312. The molecule has 2 aromatic rings. The number of allylic oxidation sites excluding steroid dienone is 1. The second kappa shape index (κ2) is 5.75. The van der Waals surface area contributed by atoms with Gasteiger partial charge in [0.15, 0.2) is 0 Å². The van der Waals surface area contributed by atoms with Crippen molar-refractivity contribution in [2.24, 2.45) is 0 Å². The minimum atomic E-state index is 0.839. The van der Waals surface area contributed by atoms with Crippen LogP contribution in [0.5, 0.6) is 0 Å². The summed E-state index contributed by atoms with van der Waals surface area (Å²) in [6.07, 6.45) is 10.2. The van der Waals surface area contributed by atoms with Crippen LogP contribution in [0.25, 0.3) is 17.1 Å². The van der Waals surface area contributed by atoms with Crippen LogP contribution in [0.15, 0.2) is 23.8 Å². The standard InChI is InChI=1S/C19H23ClN2/c1-21-10-9-19-17(13-21)16-11-15(20)7-8-18(16)22(19)12-14-5-3-2-4-6-14/h7-8,11-12H,2-6,9-10,13H2,1H3. The molecule has 0 saturated heterocycles. The van der Waals surface area contributed by atoms with Crippen LogP contribution < -0.4 is 0 Å². The summed E-state index contributed by atoms with van der Waals surface area (Å²) in [7, 11) is 2.20. The Bertz CT molecular complexity index is 733. The summed E-state index contributed by atoms with van der Waals surface area (Å²) in [5, 5.41) is 2.17. The topological polar surface area (TPSA) is 8.17 Å². The van der Waals surface area contributed by atoms with Crippen LogP contribution in [0.3, 0.4) is 0 Å². The van der Waals surface area contributed by atoms with E-state index in [1.807, 2.05) is 6.07 Å². The Labute approximate surface area is 137 Å². The molecule has 0 atom stereocenters. The Hall–Kier alpha value is -1.25. The molecular formula is C19H23ClN2. The summed E-state index contributed by atoms with van der Waals surface area (Å²) >= 11 is 6.26. The van der Waals surface area contributed by atoms with Crippen LogP contribution in [0.2, 0.25) is 5.02 Å². The molecule has 1 aromatic carbocycles. The van der Waals surface area contributed by atoms with E-state index in [1.54, 1.807) is 5.57 Å². The van der Waals surface area contributed by atoms with Gasteiger partial charge in [-0.3, -0.25) is 0 Å². The molecular weight excluding hydrogens is 292 g/mol. The molecule has 0 unspecified atom stereocenters. The molecule has 2 heterocycles. The molecule has 116 valence electrons. The molecule has 1 fully saturated rings. The first-order valence-corrected chi connectivity index (χ1v) is 8.79. The van der Waals surface area contributed by atoms with Gasteiger partial charge in [0, 0.05) is 41.8 Å². The summed E-state index contributed by atoms with van der Waals surface area (Å²) in [6.45, 7) is 2.17. The highest BCUT2D eigenvalue weighted by Gasteiger charge is 2.22. The molecule has 0 bridgehead atoms. The lowest BCUT2D eigenvalue weighted by Crippen LogP contribution is -2.26. The molecule has 1 aromatic heterocycles. The first kappa shape index (κ1) is 14.3. The van der Waals surface area contributed by atoms with E-state index in [-0.39, 0.29) is 0 Å². The maximum atomic E-state index is 6.26. The van der Waals surface area contributed by atoms with Gasteiger partial charge >= 0.3 is 0 Å². The summed E-state index contributed by atoms with van der Waals surface area (Å²) in [4.78, 5) is 2.40. The van der Waals surface area contributed by atoms with E-state index in [0.29, 0.717) is 0 Å². The minimum absolute atomic E-state index is 0.839. The zero-order chi connectivity index (χ0) is 15.1. The SMILES string of the molecule is CN1CCc2c(c3cc(Cl)ccc3n2C=C2CCCCC2)C1. The zero-order valence-electron chi connectivity index (χ0n) is 13.2. The van der Waals surface area contributed by atoms with E-state index in [4.69, 9.17) is 11.6 Å². The zero-order valence-corrected chi connectivity index (χ0v) is 14.0. The molecule has 0 N–H and O–H groups in total. The van der Waals surface area contributed by atoms with Crippen molar-refractivity contribution in [2.45, 2.75) is 45.1 Å². The Balaban J connectivity index is 1.90. The first-order chi connectivity index (χ1) is 10.7. The smallest absolute Gasteiger partial charge is 0.0529 e. The molecule has 22 heavy (non-hydrogen) atoms. The van der Waals surface area contributed by atoms with Crippen LogP contribution >= 0.6 is 11.6 Å². The number of nitrogens with zero attached hydrogens (tertiary/aromatic N) is 2. The molecule has 0 spiro atoms. The minimum Gasteiger partial charge on any atom is -0.320 e. The lowest BCUT2D eigenvalue weighted by Gasteiger charge is -2.24. The van der Waals surface area contributed by atoms with Gasteiger partial charge in [0.25, 0.3) is 0 Å². The predicted octanol–water partition coefficient (Wildman–Crippen LogP) is 5.09. The summed E-state index contributed by atoms with van der Waals surface area (Å²) in [5.74, 6) is 0. The molecule has 2 aliphatic rings. The monoisotopic (exact) mass is 314 g/mol. The number of hydrogen-bond acceptors (Lipinski definition) is 1. The maximum absolute atomic E-state index is 6.26. The van der Waals surface area contributed by atoms with Crippen LogP contribution in [-0.2, 0) is 13.0 Å². The number of rotatable bonds is 1. The molecule has 2 nitrogen and oxygen atoms in total. The van der Waals surface area contributed by atoms with Crippen molar-refractivity contribution < 1.29 is 0 Å². The quantitative estimate of drug-likeness (QED) is 0.712. The van der Waals surface area contributed by atoms with Gasteiger partial charge in [0.1, 0.15) is 0 Å². The number of hydrogen-bond donors (Lipinski definition) is 0. The fraction of sp³-hybridized carbons (Fsp3) is 0.474. The van der Waals surface area contributed by atoms with Crippen molar-refractivity contribution in [3.8, 4) is 0 Å². The highest BCUT2D eigenvalue weighted by Crippen LogP contribution is 2.34. The average Bonchev–Trinajstić information content (AvgIpc) is 2.81. The van der Waals surface area contributed by atoms with Gasteiger partial charge in [-0.1, -0.05) is 23.6 Å². The predicted molar refractivity (Wildman–Crippen MR) is 94.3 cm³/mol. The first-order valence-electron chi connectivity index (χ1n) is 8.41. The third-order valence-electron chi connectivity index (χ3n) is 5.15. The Morgan fingerprint density at radius 3 is 2.73 bits per heavy atom. The van der Waals surface area contributed by atoms with Gasteiger partial charge < -0.3 is 9.47 Å². The third kappa shape index (κ3) is 2.49. The second-order valence-corrected chi connectivity index (χ2v) is 7.23. The Morgan fingerprint density at radius 1 is 1.09 bits per heavy atom. The molecule has 1 aliphatic heterocycles. The van der Waals surface area contributed by atoms with Gasteiger partial charge in [0.05, 0.1) is 5.52 Å². The fourth-order valence-corrected chi connectivity index (χ4v) is 4.14. The van der Waals surface area contributed by atoms with Crippen LogP contribution in [0.1, 0.15) is 43.4 Å². The maximum Gasteiger partial charge on any atom is 0.0529 e. The van der Waals surface area contributed by atoms with Gasteiger partial charge in [-0.15, -0.1) is 0 Å². The van der Waals surface area contributed by atoms with E-state index < -0.39 is 0 Å². The Morgan fingerprint density at radius 2 is 1.91 bits per heavy atom. The number of benzene rings is 1. The molecule has 1 aliphatic carbocycles. The van der Waals surface area contributed by atoms with Gasteiger partial charge in [-0.25, -0.2) is 0 Å². The fourth-order valence-electron chi connectivity index (χ4n) is 3.96. The summed E-state index contributed by atoms with van der Waals surface area (Å²) in [6, 6.07) is 6.36. The highest BCUT2D eigenvalue weighted by molar-refractivity contribution is 6.31. The van der Waals surface area contributed by atoms with Gasteiger partial charge in [-0.05, 0) is 56.5 Å². The molecule has 1 saturated carbocycles. The normalized spacial score (nSPS) is 19.5. The second-order valence-electron chi connectivity index (χ2n) is 6.79. The van der Waals surface area contributed by atoms with Crippen LogP contribution in [-0.4, -0.2) is 23.1 Å².